The number of fused-ring (bicyclic) bond motifs is 1. The first kappa shape index (κ1) is 14.9. The molecule has 0 radical (unpaired) electrons. The quantitative estimate of drug-likeness (QED) is 0.671. The SMILES string of the molecule is CCC1(Cn2c(C(C)Cl)nc3c(C)cccc32)CCCC1. The molecule has 1 atom stereocenters. The molecule has 3 rings (SSSR count). The van der Waals surface area contributed by atoms with Gasteiger partial charge in [0, 0.05) is 6.54 Å². The van der Waals surface area contributed by atoms with Gasteiger partial charge in [-0.05, 0) is 50.2 Å². The number of nitrogens with zero attached hydrogens (tertiary/aromatic N) is 2. The van der Waals surface area contributed by atoms with Crippen LogP contribution >= 0.6 is 11.6 Å². The van der Waals surface area contributed by atoms with E-state index in [1.165, 1.54) is 43.2 Å². The van der Waals surface area contributed by atoms with Gasteiger partial charge in [-0.15, -0.1) is 11.6 Å². The fourth-order valence-corrected chi connectivity index (χ4v) is 4.03. The van der Waals surface area contributed by atoms with Crippen molar-refractivity contribution in [2.45, 2.75) is 64.8 Å². The second kappa shape index (κ2) is 5.64. The average molecular weight is 305 g/mol. The number of aromatic nitrogens is 2. The number of rotatable bonds is 4. The monoisotopic (exact) mass is 304 g/mol. The van der Waals surface area contributed by atoms with Gasteiger partial charge in [-0.3, -0.25) is 0 Å². The Kier molecular flexibility index (Phi) is 4.00. The Bertz CT molecular complexity index is 636. The smallest absolute Gasteiger partial charge is 0.127 e. The van der Waals surface area contributed by atoms with Crippen LogP contribution in [-0.2, 0) is 6.54 Å². The number of aryl methyl sites for hydroxylation is 1. The summed E-state index contributed by atoms with van der Waals surface area (Å²) >= 11 is 6.42. The van der Waals surface area contributed by atoms with Gasteiger partial charge in [0.2, 0.25) is 0 Å². The Hall–Kier alpha value is -1.02. The Morgan fingerprint density at radius 2 is 2.05 bits per heavy atom. The second-order valence-electron chi connectivity index (χ2n) is 6.68. The molecule has 1 aromatic heterocycles. The number of benzene rings is 1. The summed E-state index contributed by atoms with van der Waals surface area (Å²) in [5.74, 6) is 1.03. The zero-order chi connectivity index (χ0) is 15.0. The van der Waals surface area contributed by atoms with Crippen LogP contribution in [0.25, 0.3) is 11.0 Å². The van der Waals surface area contributed by atoms with Crippen LogP contribution in [0.1, 0.15) is 62.7 Å². The van der Waals surface area contributed by atoms with Gasteiger partial charge in [-0.1, -0.05) is 31.9 Å². The molecule has 1 aliphatic rings. The van der Waals surface area contributed by atoms with Crippen molar-refractivity contribution in [2.24, 2.45) is 5.41 Å². The van der Waals surface area contributed by atoms with Gasteiger partial charge in [0.05, 0.1) is 16.4 Å². The largest absolute Gasteiger partial charge is 0.326 e. The topological polar surface area (TPSA) is 17.8 Å². The van der Waals surface area contributed by atoms with Crippen molar-refractivity contribution in [1.82, 2.24) is 9.55 Å². The van der Waals surface area contributed by atoms with Crippen LogP contribution < -0.4 is 0 Å². The first-order valence-electron chi connectivity index (χ1n) is 8.16. The summed E-state index contributed by atoms with van der Waals surface area (Å²) in [6.07, 6.45) is 6.65. The number of hydrogen-bond acceptors (Lipinski definition) is 1. The molecule has 0 bridgehead atoms. The first-order valence-corrected chi connectivity index (χ1v) is 8.60. The van der Waals surface area contributed by atoms with Crippen molar-refractivity contribution in [3.8, 4) is 0 Å². The summed E-state index contributed by atoms with van der Waals surface area (Å²) in [7, 11) is 0. The Morgan fingerprint density at radius 3 is 2.67 bits per heavy atom. The summed E-state index contributed by atoms with van der Waals surface area (Å²) in [5, 5.41) is -0.0490. The molecule has 2 nitrogen and oxygen atoms in total. The Balaban J connectivity index is 2.11. The van der Waals surface area contributed by atoms with E-state index >= 15 is 0 Å². The van der Waals surface area contributed by atoms with Gasteiger partial charge in [0.15, 0.2) is 0 Å². The van der Waals surface area contributed by atoms with Gasteiger partial charge in [0.1, 0.15) is 5.82 Å². The van der Waals surface area contributed by atoms with Crippen molar-refractivity contribution < 1.29 is 0 Å². The fourth-order valence-electron chi connectivity index (χ4n) is 3.86. The summed E-state index contributed by atoms with van der Waals surface area (Å²) in [6.45, 7) is 7.56. The molecule has 21 heavy (non-hydrogen) atoms. The van der Waals surface area contributed by atoms with Gasteiger partial charge in [-0.2, -0.15) is 0 Å². The van der Waals surface area contributed by atoms with Gasteiger partial charge in [-0.25, -0.2) is 4.98 Å². The molecule has 3 heteroatoms. The van der Waals surface area contributed by atoms with Crippen molar-refractivity contribution >= 4 is 22.6 Å². The standard InChI is InChI=1S/C18H25ClN2/c1-4-18(10-5-6-11-18)12-21-15-9-7-8-13(2)16(15)20-17(21)14(3)19/h7-9,14H,4-6,10-12H2,1-3H3. The van der Waals surface area contributed by atoms with Gasteiger partial charge in [0.25, 0.3) is 0 Å². The molecule has 0 saturated heterocycles. The lowest BCUT2D eigenvalue weighted by Gasteiger charge is -2.29. The molecule has 1 aliphatic carbocycles. The van der Waals surface area contributed by atoms with E-state index in [1.54, 1.807) is 0 Å². The van der Waals surface area contributed by atoms with Crippen LogP contribution in [0.5, 0.6) is 0 Å². The third kappa shape index (κ3) is 2.59. The minimum atomic E-state index is -0.0490. The zero-order valence-electron chi connectivity index (χ0n) is 13.3. The van der Waals surface area contributed by atoms with Crippen molar-refractivity contribution in [3.05, 3.63) is 29.6 Å². The first-order chi connectivity index (χ1) is 10.1. The van der Waals surface area contributed by atoms with Crippen molar-refractivity contribution in [2.75, 3.05) is 0 Å². The highest BCUT2D eigenvalue weighted by atomic mass is 35.5. The maximum Gasteiger partial charge on any atom is 0.127 e. The van der Waals surface area contributed by atoms with E-state index in [2.05, 4.69) is 36.6 Å². The lowest BCUT2D eigenvalue weighted by atomic mass is 9.83. The van der Waals surface area contributed by atoms with E-state index in [-0.39, 0.29) is 5.38 Å². The molecule has 0 aliphatic heterocycles. The number of para-hydroxylation sites is 1. The molecule has 1 saturated carbocycles. The van der Waals surface area contributed by atoms with E-state index in [1.807, 2.05) is 6.92 Å². The van der Waals surface area contributed by atoms with Crippen LogP contribution in [0.3, 0.4) is 0 Å². The van der Waals surface area contributed by atoms with Crippen molar-refractivity contribution in [3.63, 3.8) is 0 Å². The number of halogens is 1. The molecule has 1 heterocycles. The van der Waals surface area contributed by atoms with Crippen molar-refractivity contribution in [1.29, 1.82) is 0 Å². The molecule has 1 fully saturated rings. The van der Waals surface area contributed by atoms with Crippen LogP contribution in [-0.4, -0.2) is 9.55 Å². The van der Waals surface area contributed by atoms with E-state index in [4.69, 9.17) is 16.6 Å². The highest BCUT2D eigenvalue weighted by molar-refractivity contribution is 6.20. The summed E-state index contributed by atoms with van der Waals surface area (Å²) in [4.78, 5) is 4.85. The maximum atomic E-state index is 6.42. The predicted molar refractivity (Wildman–Crippen MR) is 89.9 cm³/mol. The van der Waals surface area contributed by atoms with Crippen LogP contribution in [0, 0.1) is 12.3 Å². The molecule has 1 aromatic carbocycles. The maximum absolute atomic E-state index is 6.42. The Labute approximate surface area is 132 Å². The van der Waals surface area contributed by atoms with Gasteiger partial charge >= 0.3 is 0 Å². The second-order valence-corrected chi connectivity index (χ2v) is 7.33. The van der Waals surface area contributed by atoms with Crippen LogP contribution in [0.4, 0.5) is 0 Å². The van der Waals surface area contributed by atoms with E-state index < -0.39 is 0 Å². The minimum absolute atomic E-state index is 0.0490. The third-order valence-electron chi connectivity index (χ3n) is 5.27. The van der Waals surface area contributed by atoms with Crippen LogP contribution in [0.15, 0.2) is 18.2 Å². The Morgan fingerprint density at radius 1 is 1.33 bits per heavy atom. The summed E-state index contributed by atoms with van der Waals surface area (Å²) in [5.41, 5.74) is 4.04. The van der Waals surface area contributed by atoms with Crippen LogP contribution in [0.2, 0.25) is 0 Å². The van der Waals surface area contributed by atoms with E-state index in [9.17, 15) is 0 Å². The van der Waals surface area contributed by atoms with E-state index in [0.717, 1.165) is 17.9 Å². The fraction of sp³-hybridized carbons (Fsp3) is 0.611. The molecular formula is C18H25ClN2. The normalized spacial score (nSPS) is 19.2. The van der Waals surface area contributed by atoms with Gasteiger partial charge < -0.3 is 4.57 Å². The molecule has 114 valence electrons. The lowest BCUT2D eigenvalue weighted by molar-refractivity contribution is 0.237. The molecular weight excluding hydrogens is 280 g/mol. The molecule has 0 spiro atoms. The predicted octanol–water partition coefficient (Wildman–Crippen LogP) is 5.61. The number of alkyl halides is 1. The molecule has 0 N–H and O–H groups in total. The summed E-state index contributed by atoms with van der Waals surface area (Å²) < 4.78 is 2.40. The lowest BCUT2D eigenvalue weighted by Crippen LogP contribution is -2.24. The number of hydrogen-bond donors (Lipinski definition) is 0. The molecule has 2 aromatic rings. The average Bonchev–Trinajstić information content (AvgIpc) is 3.06. The molecule has 1 unspecified atom stereocenters. The number of imidazole rings is 1. The summed E-state index contributed by atoms with van der Waals surface area (Å²) in [6, 6.07) is 6.45. The zero-order valence-corrected chi connectivity index (χ0v) is 14.1. The minimum Gasteiger partial charge on any atom is -0.326 e. The third-order valence-corrected chi connectivity index (χ3v) is 5.47. The van der Waals surface area contributed by atoms with E-state index in [0.29, 0.717) is 5.41 Å². The highest BCUT2D eigenvalue weighted by Crippen LogP contribution is 2.43. The highest BCUT2D eigenvalue weighted by Gasteiger charge is 2.34. The molecule has 0 amide bonds.